The van der Waals surface area contributed by atoms with Crippen LogP contribution in [-0.2, 0) is 6.18 Å². The van der Waals surface area contributed by atoms with Crippen molar-refractivity contribution in [2.45, 2.75) is 6.18 Å². The van der Waals surface area contributed by atoms with Crippen molar-refractivity contribution in [3.8, 4) is 5.69 Å². The Bertz CT molecular complexity index is 563. The molecule has 0 atom stereocenters. The Morgan fingerprint density at radius 2 is 2.11 bits per heavy atom. The molecule has 1 aromatic heterocycles. The van der Waals surface area contributed by atoms with E-state index in [1.165, 1.54) is 18.5 Å². The largest absolute Gasteiger partial charge is 0.418 e. The molecule has 2 rings (SSSR count). The van der Waals surface area contributed by atoms with E-state index in [0.29, 0.717) is 0 Å². The van der Waals surface area contributed by atoms with E-state index in [0.717, 1.165) is 23.3 Å². The Morgan fingerprint density at radius 3 is 2.67 bits per heavy atom. The number of hydrogen-bond acceptors (Lipinski definition) is 4. The van der Waals surface area contributed by atoms with Gasteiger partial charge in [0.2, 0.25) is 0 Å². The second-order valence-corrected chi connectivity index (χ2v) is 3.36. The van der Waals surface area contributed by atoms with E-state index in [1.54, 1.807) is 0 Å². The fraction of sp³-hybridized carbons (Fsp3) is 0.100. The molecule has 1 heterocycles. The topological polar surface area (TPSA) is 63.3 Å². The average molecular weight is 256 g/mol. The maximum atomic E-state index is 12.9. The van der Waals surface area contributed by atoms with E-state index in [-0.39, 0.29) is 11.3 Å². The maximum absolute atomic E-state index is 12.9. The SMILES string of the molecule is O/N=C/c1ccc(-n2cncn2)c(C(F)(F)F)c1. The summed E-state index contributed by atoms with van der Waals surface area (Å²) in [7, 11) is 0. The third-order valence-electron chi connectivity index (χ3n) is 2.20. The van der Waals surface area contributed by atoms with E-state index in [1.807, 2.05) is 0 Å². The first-order valence-electron chi connectivity index (χ1n) is 4.76. The second kappa shape index (κ2) is 4.47. The van der Waals surface area contributed by atoms with Gasteiger partial charge in [-0.25, -0.2) is 9.67 Å². The zero-order valence-electron chi connectivity index (χ0n) is 8.83. The summed E-state index contributed by atoms with van der Waals surface area (Å²) < 4.78 is 39.7. The Labute approximate surface area is 99.2 Å². The molecule has 0 saturated carbocycles. The molecule has 0 aliphatic rings. The van der Waals surface area contributed by atoms with Gasteiger partial charge in [0, 0.05) is 0 Å². The average Bonchev–Trinajstić information content (AvgIpc) is 2.81. The monoisotopic (exact) mass is 256 g/mol. The highest BCUT2D eigenvalue weighted by Gasteiger charge is 2.34. The lowest BCUT2D eigenvalue weighted by Crippen LogP contribution is -2.12. The van der Waals surface area contributed by atoms with Crippen molar-refractivity contribution >= 4 is 6.21 Å². The van der Waals surface area contributed by atoms with Crippen LogP contribution in [0.4, 0.5) is 13.2 Å². The normalized spacial score (nSPS) is 12.2. The van der Waals surface area contributed by atoms with Crippen molar-refractivity contribution < 1.29 is 18.4 Å². The summed E-state index contributed by atoms with van der Waals surface area (Å²) in [5.74, 6) is 0. The highest BCUT2D eigenvalue weighted by Crippen LogP contribution is 2.33. The third-order valence-corrected chi connectivity index (χ3v) is 2.20. The third kappa shape index (κ3) is 2.31. The fourth-order valence-corrected chi connectivity index (χ4v) is 1.46. The van der Waals surface area contributed by atoms with Crippen LogP contribution in [0.1, 0.15) is 11.1 Å². The quantitative estimate of drug-likeness (QED) is 0.508. The predicted octanol–water partition coefficient (Wildman–Crippen LogP) is 2.09. The first-order valence-corrected chi connectivity index (χ1v) is 4.76. The molecular formula is C10H7F3N4O. The summed E-state index contributed by atoms with van der Waals surface area (Å²) in [5, 5.41) is 14.7. The zero-order valence-corrected chi connectivity index (χ0v) is 8.83. The van der Waals surface area contributed by atoms with Gasteiger partial charge in [0.05, 0.1) is 17.5 Å². The van der Waals surface area contributed by atoms with Crippen LogP contribution >= 0.6 is 0 Å². The van der Waals surface area contributed by atoms with E-state index in [4.69, 9.17) is 5.21 Å². The van der Waals surface area contributed by atoms with Gasteiger partial charge in [-0.2, -0.15) is 18.3 Å². The molecule has 5 nitrogen and oxygen atoms in total. The molecule has 0 amide bonds. The van der Waals surface area contributed by atoms with E-state index >= 15 is 0 Å². The highest BCUT2D eigenvalue weighted by molar-refractivity contribution is 5.80. The van der Waals surface area contributed by atoms with Crippen LogP contribution in [0.15, 0.2) is 36.0 Å². The molecule has 0 radical (unpaired) electrons. The minimum absolute atomic E-state index is 0.133. The van der Waals surface area contributed by atoms with Crippen molar-refractivity contribution in [2.24, 2.45) is 5.16 Å². The second-order valence-electron chi connectivity index (χ2n) is 3.36. The number of halogens is 3. The minimum Gasteiger partial charge on any atom is -0.411 e. The molecule has 0 spiro atoms. The van der Waals surface area contributed by atoms with Gasteiger partial charge < -0.3 is 5.21 Å². The number of hydrogen-bond donors (Lipinski definition) is 1. The molecule has 0 bridgehead atoms. The summed E-state index contributed by atoms with van der Waals surface area (Å²) in [6.45, 7) is 0. The first kappa shape index (κ1) is 12.1. The minimum atomic E-state index is -4.54. The standard InChI is InChI=1S/C10H7F3N4O/c11-10(12,13)8-3-7(4-16-18)1-2-9(8)17-6-14-5-15-17/h1-6,18H/b16-4+. The molecule has 94 valence electrons. The van der Waals surface area contributed by atoms with Crippen molar-refractivity contribution in [2.75, 3.05) is 0 Å². The number of oxime groups is 1. The van der Waals surface area contributed by atoms with Crippen LogP contribution in [0.3, 0.4) is 0 Å². The number of rotatable bonds is 2. The predicted molar refractivity (Wildman–Crippen MR) is 55.7 cm³/mol. The summed E-state index contributed by atoms with van der Waals surface area (Å²) in [6.07, 6.45) is -1.31. The van der Waals surface area contributed by atoms with Gasteiger partial charge in [0.15, 0.2) is 0 Å². The van der Waals surface area contributed by atoms with Gasteiger partial charge >= 0.3 is 6.18 Å². The highest BCUT2D eigenvalue weighted by atomic mass is 19.4. The lowest BCUT2D eigenvalue weighted by Gasteiger charge is -2.12. The number of aromatic nitrogens is 3. The van der Waals surface area contributed by atoms with Crippen molar-refractivity contribution in [3.63, 3.8) is 0 Å². The Hall–Kier alpha value is -2.38. The molecule has 1 N–H and O–H groups in total. The van der Waals surface area contributed by atoms with E-state index < -0.39 is 11.7 Å². The van der Waals surface area contributed by atoms with Crippen molar-refractivity contribution in [1.29, 1.82) is 0 Å². The fourth-order valence-electron chi connectivity index (χ4n) is 1.46. The van der Waals surface area contributed by atoms with Crippen LogP contribution in [0.25, 0.3) is 5.69 Å². The van der Waals surface area contributed by atoms with Crippen LogP contribution in [-0.4, -0.2) is 26.2 Å². The van der Waals surface area contributed by atoms with Gasteiger partial charge in [-0.15, -0.1) is 0 Å². The van der Waals surface area contributed by atoms with Crippen molar-refractivity contribution in [3.05, 3.63) is 42.0 Å². The smallest absolute Gasteiger partial charge is 0.411 e. The molecular weight excluding hydrogens is 249 g/mol. The number of alkyl halides is 3. The number of nitrogens with zero attached hydrogens (tertiary/aromatic N) is 4. The Kier molecular flexibility index (Phi) is 3.00. The molecule has 1 aromatic carbocycles. The summed E-state index contributed by atoms with van der Waals surface area (Å²) in [5.41, 5.74) is -0.894. The van der Waals surface area contributed by atoms with Gasteiger partial charge in [-0.1, -0.05) is 11.2 Å². The van der Waals surface area contributed by atoms with Gasteiger partial charge in [0.1, 0.15) is 12.7 Å². The van der Waals surface area contributed by atoms with Crippen LogP contribution < -0.4 is 0 Å². The number of benzene rings is 1. The molecule has 2 aromatic rings. The van der Waals surface area contributed by atoms with E-state index in [9.17, 15) is 13.2 Å². The molecule has 18 heavy (non-hydrogen) atoms. The summed E-state index contributed by atoms with van der Waals surface area (Å²) in [6, 6.07) is 3.48. The Morgan fingerprint density at radius 1 is 1.33 bits per heavy atom. The summed E-state index contributed by atoms with van der Waals surface area (Å²) in [4.78, 5) is 3.60. The first-order chi connectivity index (χ1) is 8.52. The maximum Gasteiger partial charge on any atom is 0.418 e. The van der Waals surface area contributed by atoms with Crippen LogP contribution in [0.5, 0.6) is 0 Å². The molecule has 0 aliphatic carbocycles. The van der Waals surface area contributed by atoms with E-state index in [2.05, 4.69) is 15.2 Å². The molecule has 0 fully saturated rings. The van der Waals surface area contributed by atoms with Gasteiger partial charge in [0.25, 0.3) is 0 Å². The molecule has 0 aliphatic heterocycles. The van der Waals surface area contributed by atoms with Crippen LogP contribution in [0, 0.1) is 0 Å². The van der Waals surface area contributed by atoms with Gasteiger partial charge in [-0.05, 0) is 17.7 Å². The molecule has 0 unspecified atom stereocenters. The van der Waals surface area contributed by atoms with Crippen molar-refractivity contribution in [1.82, 2.24) is 14.8 Å². The Balaban J connectivity index is 2.60. The zero-order chi connectivity index (χ0) is 13.2. The summed E-state index contributed by atoms with van der Waals surface area (Å²) >= 11 is 0. The lowest BCUT2D eigenvalue weighted by atomic mass is 10.1. The van der Waals surface area contributed by atoms with Crippen LogP contribution in [0.2, 0.25) is 0 Å². The molecule has 0 saturated heterocycles. The lowest BCUT2D eigenvalue weighted by molar-refractivity contribution is -0.137. The molecule has 8 heteroatoms. The van der Waals surface area contributed by atoms with Gasteiger partial charge in [-0.3, -0.25) is 0 Å².